The Bertz CT molecular complexity index is 1050. The minimum absolute atomic E-state index is 0.0616. The van der Waals surface area contributed by atoms with E-state index < -0.39 is 46.0 Å². The fraction of sp³-hybridized carbons (Fsp3) is 0.421. The third-order valence-corrected chi connectivity index (χ3v) is 5.62. The van der Waals surface area contributed by atoms with Crippen LogP contribution in [0.25, 0.3) is 0 Å². The Balaban J connectivity index is 1.71. The van der Waals surface area contributed by atoms with Gasteiger partial charge in [0.15, 0.2) is 0 Å². The number of piperidine rings is 1. The van der Waals surface area contributed by atoms with E-state index in [2.05, 4.69) is 15.3 Å². The van der Waals surface area contributed by atoms with Gasteiger partial charge < -0.3 is 10.2 Å². The molecule has 1 aliphatic rings. The maximum absolute atomic E-state index is 15.8. The SMILES string of the molecule is [B]C([B])([B])c1cnc(CNCC2(F)CC([B])([B])N(C(=O)c3ccc(F)c(Cl)c3)C([B])([B])C2)nc1. The third-order valence-electron chi connectivity index (χ3n) is 5.33. The summed E-state index contributed by atoms with van der Waals surface area (Å²) in [5, 5.41) is -3.16. The summed E-state index contributed by atoms with van der Waals surface area (Å²) in [6.07, 6.45) is 1.71. The Hall–Kier alpha value is -1.67. The van der Waals surface area contributed by atoms with E-state index in [1.54, 1.807) is 0 Å². The van der Waals surface area contributed by atoms with Crippen LogP contribution in [0.5, 0.6) is 0 Å². The predicted molar refractivity (Wildman–Crippen MR) is 132 cm³/mol. The molecule has 15 heteroatoms. The number of rotatable bonds is 6. The largest absolute Gasteiger partial charge is 0.362 e. The Labute approximate surface area is 211 Å². The average molecular weight is 463 g/mol. The molecule has 0 unspecified atom stereocenters. The number of benzene rings is 1. The number of hydrogen-bond acceptors (Lipinski definition) is 4. The highest BCUT2D eigenvalue weighted by Gasteiger charge is 2.52. The van der Waals surface area contributed by atoms with Crippen molar-refractivity contribution in [3.05, 3.63) is 58.4 Å². The van der Waals surface area contributed by atoms with E-state index in [0.717, 1.165) is 17.0 Å². The molecule has 0 saturated carbocycles. The molecule has 0 atom stereocenters. The molecule has 34 heavy (non-hydrogen) atoms. The van der Waals surface area contributed by atoms with Gasteiger partial charge in [-0.1, -0.05) is 11.6 Å². The summed E-state index contributed by atoms with van der Waals surface area (Å²) in [6, 6.07) is 3.25. The second-order valence-electron chi connectivity index (χ2n) is 8.68. The summed E-state index contributed by atoms with van der Waals surface area (Å²) >= 11 is 5.76. The van der Waals surface area contributed by atoms with Crippen LogP contribution in [0, 0.1) is 5.82 Å². The van der Waals surface area contributed by atoms with Gasteiger partial charge in [0.05, 0.1) is 66.5 Å². The zero-order chi connectivity index (χ0) is 25.5. The van der Waals surface area contributed by atoms with Crippen LogP contribution < -0.4 is 5.32 Å². The van der Waals surface area contributed by atoms with Crippen molar-refractivity contribution in [1.82, 2.24) is 20.2 Å². The van der Waals surface area contributed by atoms with E-state index >= 15 is 4.39 Å². The fourth-order valence-corrected chi connectivity index (χ4v) is 4.13. The van der Waals surface area contributed by atoms with Crippen LogP contribution in [0.1, 0.15) is 34.6 Å². The van der Waals surface area contributed by atoms with Gasteiger partial charge in [0, 0.05) is 24.5 Å². The summed E-state index contributed by atoms with van der Waals surface area (Å²) in [5.74, 6) is -1.23. The highest BCUT2D eigenvalue weighted by molar-refractivity contribution is 6.58. The monoisotopic (exact) mass is 464 g/mol. The number of carbonyl (C=O) groups excluding carboxylic acids is 1. The molecule has 1 saturated heterocycles. The first kappa shape index (κ1) is 26.9. The molecule has 14 radical (unpaired) electrons. The Morgan fingerprint density at radius 3 is 2.18 bits per heavy atom. The van der Waals surface area contributed by atoms with Crippen molar-refractivity contribution < 1.29 is 13.6 Å². The minimum Gasteiger partial charge on any atom is -0.362 e. The van der Waals surface area contributed by atoms with E-state index in [0.29, 0.717) is 11.4 Å². The van der Waals surface area contributed by atoms with Gasteiger partial charge >= 0.3 is 0 Å². The lowest BCUT2D eigenvalue weighted by Crippen LogP contribution is -2.72. The number of hydrogen-bond donors (Lipinski definition) is 1. The maximum Gasteiger partial charge on any atom is 0.252 e. The molecule has 1 fully saturated rings. The van der Waals surface area contributed by atoms with Crippen LogP contribution in [0.15, 0.2) is 30.6 Å². The molecule has 1 amide bonds. The van der Waals surface area contributed by atoms with Crippen molar-refractivity contribution in [2.45, 2.75) is 40.8 Å². The molecule has 0 bridgehead atoms. The molecule has 0 spiro atoms. The molecule has 1 N–H and O–H groups in total. The molecular formula is C19H14B7ClF2N4O. The molecule has 5 nitrogen and oxygen atoms in total. The fourth-order valence-electron chi connectivity index (χ4n) is 3.95. The number of nitrogens with one attached hydrogen (secondary N) is 1. The molecule has 3 rings (SSSR count). The van der Waals surface area contributed by atoms with Crippen molar-refractivity contribution in [2.24, 2.45) is 0 Å². The third kappa shape index (κ3) is 5.93. The van der Waals surface area contributed by atoms with Gasteiger partial charge in [-0.25, -0.2) is 18.7 Å². The number of likely N-dealkylation sites (tertiary alicyclic amines) is 1. The van der Waals surface area contributed by atoms with Gasteiger partial charge in [0.25, 0.3) is 5.91 Å². The first-order valence-corrected chi connectivity index (χ1v) is 10.4. The van der Waals surface area contributed by atoms with Gasteiger partial charge in [0.1, 0.15) is 17.3 Å². The van der Waals surface area contributed by atoms with Crippen LogP contribution in [0.4, 0.5) is 8.78 Å². The number of aromatic nitrogens is 2. The summed E-state index contributed by atoms with van der Waals surface area (Å²) in [6.45, 7) is -0.205. The number of carbonyl (C=O) groups is 1. The molecule has 1 aromatic carbocycles. The quantitative estimate of drug-likeness (QED) is 0.593. The number of nitrogens with zero attached hydrogens (tertiary/aromatic N) is 3. The smallest absolute Gasteiger partial charge is 0.252 e. The lowest BCUT2D eigenvalue weighted by molar-refractivity contribution is 0.00466. The molecule has 1 aromatic heterocycles. The number of alkyl halides is 1. The van der Waals surface area contributed by atoms with E-state index in [-0.39, 0.29) is 23.7 Å². The van der Waals surface area contributed by atoms with Crippen molar-refractivity contribution in [3.8, 4) is 0 Å². The zero-order valence-corrected chi connectivity index (χ0v) is 18.9. The first-order chi connectivity index (χ1) is 15.5. The van der Waals surface area contributed by atoms with Gasteiger partial charge in [-0.2, -0.15) is 0 Å². The first-order valence-electron chi connectivity index (χ1n) is 10.1. The lowest BCUT2D eigenvalue weighted by atomic mass is 9.40. The molecule has 2 aromatic rings. The van der Waals surface area contributed by atoms with E-state index in [1.807, 2.05) is 0 Å². The molecule has 2 heterocycles. The van der Waals surface area contributed by atoms with Gasteiger partial charge in [-0.05, 0) is 47.3 Å². The van der Waals surface area contributed by atoms with Gasteiger partial charge in [-0.15, -0.1) is 5.11 Å². The van der Waals surface area contributed by atoms with Gasteiger partial charge in [0.2, 0.25) is 0 Å². The van der Waals surface area contributed by atoms with Crippen molar-refractivity contribution in [1.29, 1.82) is 0 Å². The zero-order valence-electron chi connectivity index (χ0n) is 18.1. The second-order valence-corrected chi connectivity index (χ2v) is 9.09. The molecule has 0 aliphatic carbocycles. The highest BCUT2D eigenvalue weighted by Crippen LogP contribution is 2.41. The summed E-state index contributed by atoms with van der Waals surface area (Å²) in [5.41, 5.74) is -1.84. The minimum atomic E-state index is -2.09. The van der Waals surface area contributed by atoms with Crippen LogP contribution in [-0.2, 0) is 11.7 Å². The summed E-state index contributed by atoms with van der Waals surface area (Å²) < 4.78 is 29.2. The van der Waals surface area contributed by atoms with Crippen molar-refractivity contribution in [2.75, 3.05) is 6.54 Å². The van der Waals surface area contributed by atoms with Crippen LogP contribution in [0.3, 0.4) is 0 Å². The molecule has 1 aliphatic heterocycles. The average Bonchev–Trinajstić information content (AvgIpc) is 2.67. The molecular weight excluding hydrogens is 449 g/mol. The standard InChI is InChI=1S/C19H14B7ClF2N4O/c20-17(21)7-16(29,9-30-6-14-31-4-11(5-32-14)19(24,25)26)8-18(22,23)33(17)15(34)10-1-2-13(28)12(27)3-10/h1-5,30H,6-9H2. The van der Waals surface area contributed by atoms with Crippen LogP contribution in [-0.4, -0.2) is 98.6 Å². The topological polar surface area (TPSA) is 58.1 Å². The number of halogens is 3. The van der Waals surface area contributed by atoms with E-state index in [1.165, 1.54) is 18.5 Å². The van der Waals surface area contributed by atoms with Crippen LogP contribution >= 0.6 is 11.6 Å². The maximum atomic E-state index is 15.8. The van der Waals surface area contributed by atoms with Gasteiger partial charge in [-0.3, -0.25) is 4.79 Å². The summed E-state index contributed by atoms with van der Waals surface area (Å²) in [7, 11) is 41.1. The summed E-state index contributed by atoms with van der Waals surface area (Å²) in [4.78, 5) is 22.0. The van der Waals surface area contributed by atoms with Crippen LogP contribution in [0.2, 0.25) is 5.02 Å². The Kier molecular flexibility index (Phi) is 7.46. The van der Waals surface area contributed by atoms with Crippen molar-refractivity contribution in [3.63, 3.8) is 0 Å². The van der Waals surface area contributed by atoms with E-state index in [9.17, 15) is 9.18 Å². The Morgan fingerprint density at radius 2 is 1.68 bits per heavy atom. The second kappa shape index (κ2) is 9.42. The van der Waals surface area contributed by atoms with E-state index in [4.69, 9.17) is 66.5 Å². The highest BCUT2D eigenvalue weighted by atomic mass is 35.5. The predicted octanol–water partition coefficient (Wildman–Crippen LogP) is -0.399. The lowest BCUT2D eigenvalue weighted by Gasteiger charge is -2.59. The molecule has 158 valence electrons. The van der Waals surface area contributed by atoms with Crippen molar-refractivity contribution >= 4 is 72.4 Å². The Morgan fingerprint density at radius 1 is 1.12 bits per heavy atom. The normalized spacial score (nSPS) is 19.0. The number of amides is 1.